The number of furan rings is 1. The third kappa shape index (κ3) is 6.14. The van der Waals surface area contributed by atoms with Crippen LogP contribution in [0.4, 0.5) is 0 Å². The third-order valence-corrected chi connectivity index (χ3v) is 4.51. The summed E-state index contributed by atoms with van der Waals surface area (Å²) < 4.78 is 10.6. The van der Waals surface area contributed by atoms with Gasteiger partial charge in [-0.15, -0.1) is 0 Å². The van der Waals surface area contributed by atoms with Crippen molar-refractivity contribution < 1.29 is 18.7 Å². The molecule has 3 rings (SSSR count). The molecule has 0 saturated carbocycles. The van der Waals surface area contributed by atoms with Gasteiger partial charge in [0.1, 0.15) is 11.5 Å². The molecule has 0 aromatic carbocycles. The predicted octanol–water partition coefficient (Wildman–Crippen LogP) is 0.551. The highest BCUT2D eigenvalue weighted by atomic mass is 16.5. The summed E-state index contributed by atoms with van der Waals surface area (Å²) in [4.78, 5) is 36.9. The van der Waals surface area contributed by atoms with Gasteiger partial charge in [0.15, 0.2) is 0 Å². The molecule has 9 heteroatoms. The van der Waals surface area contributed by atoms with Crippen LogP contribution in [0.3, 0.4) is 0 Å². The Kier molecular flexibility index (Phi) is 7.51. The van der Waals surface area contributed by atoms with Crippen LogP contribution in [-0.4, -0.2) is 77.5 Å². The van der Waals surface area contributed by atoms with Crippen LogP contribution in [0.25, 0.3) is 0 Å². The monoisotopic (exact) mass is 387 g/mol. The number of rotatable bonds is 9. The van der Waals surface area contributed by atoms with Crippen LogP contribution in [0, 0.1) is 0 Å². The van der Waals surface area contributed by atoms with Gasteiger partial charge in [-0.2, -0.15) is 0 Å². The van der Waals surface area contributed by atoms with Crippen molar-refractivity contribution in [3.63, 3.8) is 0 Å². The van der Waals surface area contributed by atoms with Gasteiger partial charge in [0.05, 0.1) is 32.2 Å². The van der Waals surface area contributed by atoms with Crippen LogP contribution in [0.15, 0.2) is 41.4 Å². The average Bonchev–Trinajstić information content (AvgIpc) is 3.27. The molecule has 1 N–H and O–H groups in total. The van der Waals surface area contributed by atoms with Gasteiger partial charge in [0, 0.05) is 51.5 Å². The second-order valence-corrected chi connectivity index (χ2v) is 6.44. The molecule has 1 aliphatic rings. The third-order valence-electron chi connectivity index (χ3n) is 4.51. The first kappa shape index (κ1) is 20.0. The van der Waals surface area contributed by atoms with Crippen molar-refractivity contribution >= 4 is 11.8 Å². The Hall–Kier alpha value is -2.78. The Morgan fingerprint density at radius 3 is 2.79 bits per heavy atom. The second kappa shape index (κ2) is 10.5. The Morgan fingerprint density at radius 1 is 1.21 bits per heavy atom. The summed E-state index contributed by atoms with van der Waals surface area (Å²) in [6, 6.07) is 3.57. The Labute approximate surface area is 163 Å². The van der Waals surface area contributed by atoms with E-state index in [1.165, 1.54) is 18.6 Å². The molecule has 0 radical (unpaired) electrons. The summed E-state index contributed by atoms with van der Waals surface area (Å²) in [5, 5.41) is 2.80. The molecule has 1 aliphatic heterocycles. The van der Waals surface area contributed by atoms with E-state index in [1.54, 1.807) is 23.3 Å². The first-order valence-electron chi connectivity index (χ1n) is 9.37. The average molecular weight is 387 g/mol. The number of carbonyl (C=O) groups excluding carboxylic acids is 2. The zero-order valence-corrected chi connectivity index (χ0v) is 15.7. The largest absolute Gasteiger partial charge is 0.467 e. The number of ether oxygens (including phenoxy) is 1. The van der Waals surface area contributed by atoms with E-state index in [9.17, 15) is 9.59 Å². The summed E-state index contributed by atoms with van der Waals surface area (Å²) in [6.45, 7) is 4.97. The fraction of sp³-hybridized carbons (Fsp3) is 0.474. The van der Waals surface area contributed by atoms with Crippen LogP contribution in [0.5, 0.6) is 0 Å². The number of aromatic nitrogens is 2. The molecule has 3 heterocycles. The molecule has 9 nitrogen and oxygen atoms in total. The summed E-state index contributed by atoms with van der Waals surface area (Å²) in [5.41, 5.74) is 0.278. The minimum Gasteiger partial charge on any atom is -0.467 e. The van der Waals surface area contributed by atoms with E-state index in [2.05, 4.69) is 20.2 Å². The van der Waals surface area contributed by atoms with Crippen molar-refractivity contribution in [2.24, 2.45) is 0 Å². The van der Waals surface area contributed by atoms with Crippen molar-refractivity contribution in [3.05, 3.63) is 48.4 Å². The van der Waals surface area contributed by atoms with E-state index >= 15 is 0 Å². The zero-order valence-electron chi connectivity index (χ0n) is 15.7. The molecule has 28 heavy (non-hydrogen) atoms. The molecule has 0 aliphatic carbocycles. The van der Waals surface area contributed by atoms with Crippen LogP contribution < -0.4 is 5.32 Å². The summed E-state index contributed by atoms with van der Waals surface area (Å²) in [6.07, 6.45) is 6.23. The highest BCUT2D eigenvalue weighted by Gasteiger charge is 2.20. The first-order valence-corrected chi connectivity index (χ1v) is 9.37. The van der Waals surface area contributed by atoms with Crippen molar-refractivity contribution in [3.8, 4) is 0 Å². The molecule has 0 atom stereocenters. The van der Waals surface area contributed by atoms with E-state index in [-0.39, 0.29) is 23.9 Å². The highest BCUT2D eigenvalue weighted by Crippen LogP contribution is 2.05. The lowest BCUT2D eigenvalue weighted by Gasteiger charge is -2.30. The van der Waals surface area contributed by atoms with E-state index in [4.69, 9.17) is 9.15 Å². The molecule has 1 fully saturated rings. The molecule has 1 saturated heterocycles. The lowest BCUT2D eigenvalue weighted by atomic mass is 10.3. The Bertz CT molecular complexity index is 732. The molecule has 2 aromatic rings. The topological polar surface area (TPSA) is 101 Å². The van der Waals surface area contributed by atoms with Gasteiger partial charge in [-0.1, -0.05) is 0 Å². The van der Waals surface area contributed by atoms with Crippen LogP contribution in [0.2, 0.25) is 0 Å². The first-order chi connectivity index (χ1) is 13.7. The van der Waals surface area contributed by atoms with E-state index < -0.39 is 0 Å². The minimum absolute atomic E-state index is 0.139. The van der Waals surface area contributed by atoms with Crippen molar-refractivity contribution in [2.75, 3.05) is 45.9 Å². The number of hydrogen-bond donors (Lipinski definition) is 1. The molecule has 0 bridgehead atoms. The maximum Gasteiger partial charge on any atom is 0.274 e. The molecule has 2 amide bonds. The number of amides is 2. The highest BCUT2D eigenvalue weighted by molar-refractivity contribution is 5.92. The van der Waals surface area contributed by atoms with E-state index in [0.29, 0.717) is 38.6 Å². The van der Waals surface area contributed by atoms with Gasteiger partial charge in [0.25, 0.3) is 5.91 Å². The van der Waals surface area contributed by atoms with Gasteiger partial charge in [0.2, 0.25) is 5.91 Å². The quantitative estimate of drug-likeness (QED) is 0.671. The van der Waals surface area contributed by atoms with Crippen LogP contribution >= 0.6 is 0 Å². The fourth-order valence-corrected chi connectivity index (χ4v) is 2.90. The van der Waals surface area contributed by atoms with Crippen molar-refractivity contribution in [1.82, 2.24) is 25.1 Å². The second-order valence-electron chi connectivity index (χ2n) is 6.44. The number of nitrogens with one attached hydrogen (secondary N) is 1. The van der Waals surface area contributed by atoms with Gasteiger partial charge >= 0.3 is 0 Å². The standard InChI is InChI=1S/C19H25N5O4/c25-18(22-14-16-2-1-11-28-16)3-6-24(8-7-23-9-12-27-13-10-23)19(26)17-15-20-4-5-21-17/h1-2,4-5,11,15H,3,6-10,12-14H2,(H,22,25). The number of nitrogens with zero attached hydrogens (tertiary/aromatic N) is 4. The number of carbonyl (C=O) groups is 2. The maximum atomic E-state index is 12.8. The molecular weight excluding hydrogens is 362 g/mol. The Morgan fingerprint density at radius 2 is 2.07 bits per heavy atom. The predicted molar refractivity (Wildman–Crippen MR) is 100 cm³/mol. The normalized spacial score (nSPS) is 14.6. The van der Waals surface area contributed by atoms with E-state index in [1.807, 2.05) is 0 Å². The zero-order chi connectivity index (χ0) is 19.6. The van der Waals surface area contributed by atoms with Gasteiger partial charge in [-0.25, -0.2) is 4.98 Å². The number of hydrogen-bond acceptors (Lipinski definition) is 7. The van der Waals surface area contributed by atoms with Gasteiger partial charge in [-0.05, 0) is 12.1 Å². The van der Waals surface area contributed by atoms with Gasteiger partial charge in [-0.3, -0.25) is 19.5 Å². The fourth-order valence-electron chi connectivity index (χ4n) is 2.90. The lowest BCUT2D eigenvalue weighted by molar-refractivity contribution is -0.121. The molecule has 0 spiro atoms. The molecule has 150 valence electrons. The minimum atomic E-state index is -0.222. The summed E-state index contributed by atoms with van der Waals surface area (Å²) >= 11 is 0. The molecular formula is C19H25N5O4. The van der Waals surface area contributed by atoms with Gasteiger partial charge < -0.3 is 19.4 Å². The molecule has 0 unspecified atom stereocenters. The summed E-state index contributed by atoms with van der Waals surface area (Å²) in [5.74, 6) is 0.327. The lowest BCUT2D eigenvalue weighted by Crippen LogP contribution is -2.44. The van der Waals surface area contributed by atoms with Crippen LogP contribution in [-0.2, 0) is 16.1 Å². The Balaban J connectivity index is 1.53. The summed E-state index contributed by atoms with van der Waals surface area (Å²) in [7, 11) is 0. The van der Waals surface area contributed by atoms with E-state index in [0.717, 1.165) is 19.6 Å². The SMILES string of the molecule is O=C(CCN(CCN1CCOCC1)C(=O)c1cnccn1)NCc1ccco1. The number of morpholine rings is 1. The molecule has 2 aromatic heterocycles. The smallest absolute Gasteiger partial charge is 0.274 e. The van der Waals surface area contributed by atoms with Crippen molar-refractivity contribution in [2.45, 2.75) is 13.0 Å². The maximum absolute atomic E-state index is 12.8. The van der Waals surface area contributed by atoms with Crippen molar-refractivity contribution in [1.29, 1.82) is 0 Å². The van der Waals surface area contributed by atoms with Crippen LogP contribution in [0.1, 0.15) is 22.7 Å².